The van der Waals surface area contributed by atoms with E-state index in [1.54, 1.807) is 0 Å². The third-order valence-electron chi connectivity index (χ3n) is 3.18. The average molecular weight is 244 g/mol. The lowest BCUT2D eigenvalue weighted by Crippen LogP contribution is -2.10. The highest BCUT2D eigenvalue weighted by Crippen LogP contribution is 2.27. The minimum Gasteiger partial charge on any atom is -0.363 e. The van der Waals surface area contributed by atoms with Crippen molar-refractivity contribution in [3.05, 3.63) is 29.7 Å². The van der Waals surface area contributed by atoms with Crippen molar-refractivity contribution in [2.45, 2.75) is 27.3 Å². The molecule has 0 bridgehead atoms. The Kier molecular flexibility index (Phi) is 3.36. The molecule has 2 rings (SSSR count). The zero-order chi connectivity index (χ0) is 13.3. The van der Waals surface area contributed by atoms with Gasteiger partial charge in [0, 0.05) is 43.7 Å². The number of hydrogen-bond acceptors (Lipinski definition) is 3. The van der Waals surface area contributed by atoms with Crippen molar-refractivity contribution in [2.75, 3.05) is 19.0 Å². The molecule has 18 heavy (non-hydrogen) atoms. The second kappa shape index (κ2) is 4.80. The smallest absolute Gasteiger partial charge is 0.127 e. The highest BCUT2D eigenvalue weighted by Gasteiger charge is 2.12. The second-order valence-electron chi connectivity index (χ2n) is 4.66. The summed E-state index contributed by atoms with van der Waals surface area (Å²) in [6.45, 7) is 7.17. The Morgan fingerprint density at radius 1 is 1.22 bits per heavy atom. The molecule has 4 heteroatoms. The first kappa shape index (κ1) is 12.6. The van der Waals surface area contributed by atoms with Crippen molar-refractivity contribution in [1.29, 1.82) is 0 Å². The number of pyridine rings is 1. The molecule has 0 saturated heterocycles. The molecule has 0 atom stereocenters. The number of nitrogens with zero attached hydrogens (tertiary/aromatic N) is 4. The summed E-state index contributed by atoms with van der Waals surface area (Å²) < 4.78 is 2.03. The van der Waals surface area contributed by atoms with Gasteiger partial charge in [0.2, 0.25) is 0 Å². The van der Waals surface area contributed by atoms with Gasteiger partial charge < -0.3 is 4.90 Å². The molecule has 2 aromatic heterocycles. The molecular weight excluding hydrogens is 224 g/mol. The zero-order valence-corrected chi connectivity index (χ0v) is 11.7. The Bertz CT molecular complexity index is 538. The predicted molar refractivity (Wildman–Crippen MR) is 74.9 cm³/mol. The molecule has 0 radical (unpaired) electrons. The van der Waals surface area contributed by atoms with Crippen LogP contribution >= 0.6 is 0 Å². The van der Waals surface area contributed by atoms with Gasteiger partial charge in [0.15, 0.2) is 0 Å². The summed E-state index contributed by atoms with van der Waals surface area (Å²) in [6.07, 6.45) is 1.92. The summed E-state index contributed by atoms with van der Waals surface area (Å²) in [5.74, 6) is 0.969. The summed E-state index contributed by atoms with van der Waals surface area (Å²) in [7, 11) is 3.99. The van der Waals surface area contributed by atoms with Gasteiger partial charge in [-0.1, -0.05) is 0 Å². The average Bonchev–Trinajstić information content (AvgIpc) is 2.64. The molecule has 0 amide bonds. The van der Waals surface area contributed by atoms with Gasteiger partial charge in [0.05, 0.1) is 5.69 Å². The van der Waals surface area contributed by atoms with Crippen molar-refractivity contribution < 1.29 is 0 Å². The van der Waals surface area contributed by atoms with Crippen LogP contribution in [0.5, 0.6) is 0 Å². The Labute approximate surface area is 108 Å². The molecular formula is C14H20N4. The number of aromatic nitrogens is 3. The monoisotopic (exact) mass is 244 g/mol. The van der Waals surface area contributed by atoms with Crippen molar-refractivity contribution in [1.82, 2.24) is 14.8 Å². The van der Waals surface area contributed by atoms with Crippen LogP contribution in [0.2, 0.25) is 0 Å². The zero-order valence-electron chi connectivity index (χ0n) is 11.7. The lowest BCUT2D eigenvalue weighted by Gasteiger charge is -2.11. The number of rotatable bonds is 3. The van der Waals surface area contributed by atoms with E-state index in [9.17, 15) is 0 Å². The standard InChI is InChI=1S/C14H20N4/c1-6-18-11(3)14(10(2)16-18)12-7-8-13(15-9-12)17(4)5/h7-9H,6H2,1-5H3. The van der Waals surface area contributed by atoms with Crippen LogP contribution in [-0.2, 0) is 6.54 Å². The van der Waals surface area contributed by atoms with Gasteiger partial charge in [-0.2, -0.15) is 5.10 Å². The summed E-state index contributed by atoms with van der Waals surface area (Å²) in [6, 6.07) is 4.15. The summed E-state index contributed by atoms with van der Waals surface area (Å²) in [5, 5.41) is 4.54. The highest BCUT2D eigenvalue weighted by atomic mass is 15.3. The van der Waals surface area contributed by atoms with E-state index < -0.39 is 0 Å². The molecule has 0 aliphatic rings. The van der Waals surface area contributed by atoms with Gasteiger partial charge in [0.25, 0.3) is 0 Å². The Morgan fingerprint density at radius 2 is 1.94 bits per heavy atom. The normalized spacial score (nSPS) is 10.7. The number of anilines is 1. The molecule has 2 aromatic rings. The van der Waals surface area contributed by atoms with Crippen molar-refractivity contribution in [2.24, 2.45) is 0 Å². The molecule has 0 aliphatic heterocycles. The number of aryl methyl sites for hydroxylation is 2. The molecule has 2 heterocycles. The van der Waals surface area contributed by atoms with Gasteiger partial charge in [-0.05, 0) is 32.9 Å². The first-order valence-corrected chi connectivity index (χ1v) is 6.22. The lowest BCUT2D eigenvalue weighted by molar-refractivity contribution is 0.634. The molecule has 0 aliphatic carbocycles. The fraction of sp³-hybridized carbons (Fsp3) is 0.429. The van der Waals surface area contributed by atoms with Crippen LogP contribution in [0.3, 0.4) is 0 Å². The predicted octanol–water partition coefficient (Wildman–Crippen LogP) is 2.65. The second-order valence-corrected chi connectivity index (χ2v) is 4.66. The van der Waals surface area contributed by atoms with E-state index in [1.807, 2.05) is 42.9 Å². The van der Waals surface area contributed by atoms with E-state index in [2.05, 4.69) is 30.0 Å². The fourth-order valence-corrected chi connectivity index (χ4v) is 2.22. The molecule has 0 unspecified atom stereocenters. The summed E-state index contributed by atoms with van der Waals surface area (Å²) >= 11 is 0. The van der Waals surface area contributed by atoms with Crippen molar-refractivity contribution >= 4 is 5.82 Å². The topological polar surface area (TPSA) is 34.0 Å². The number of hydrogen-bond donors (Lipinski definition) is 0. The molecule has 0 aromatic carbocycles. The maximum atomic E-state index is 4.54. The largest absolute Gasteiger partial charge is 0.363 e. The van der Waals surface area contributed by atoms with Crippen LogP contribution in [0.4, 0.5) is 5.82 Å². The third-order valence-corrected chi connectivity index (χ3v) is 3.18. The van der Waals surface area contributed by atoms with Crippen molar-refractivity contribution in [3.8, 4) is 11.1 Å². The van der Waals surface area contributed by atoms with E-state index >= 15 is 0 Å². The van der Waals surface area contributed by atoms with Crippen LogP contribution in [0.1, 0.15) is 18.3 Å². The lowest BCUT2D eigenvalue weighted by atomic mass is 10.1. The molecule has 0 fully saturated rings. The molecule has 0 N–H and O–H groups in total. The summed E-state index contributed by atoms with van der Waals surface area (Å²) in [4.78, 5) is 6.46. The fourth-order valence-electron chi connectivity index (χ4n) is 2.22. The molecule has 0 spiro atoms. The van der Waals surface area contributed by atoms with E-state index in [0.717, 1.165) is 23.6 Å². The summed E-state index contributed by atoms with van der Waals surface area (Å²) in [5.41, 5.74) is 4.60. The van der Waals surface area contributed by atoms with Crippen LogP contribution in [0.25, 0.3) is 11.1 Å². The minimum absolute atomic E-state index is 0.899. The van der Waals surface area contributed by atoms with E-state index in [0.29, 0.717) is 0 Å². The van der Waals surface area contributed by atoms with E-state index in [4.69, 9.17) is 0 Å². The van der Waals surface area contributed by atoms with Gasteiger partial charge in [-0.3, -0.25) is 4.68 Å². The van der Waals surface area contributed by atoms with Crippen LogP contribution in [0, 0.1) is 13.8 Å². The van der Waals surface area contributed by atoms with Crippen LogP contribution in [0.15, 0.2) is 18.3 Å². The van der Waals surface area contributed by atoms with Gasteiger partial charge >= 0.3 is 0 Å². The van der Waals surface area contributed by atoms with Crippen molar-refractivity contribution in [3.63, 3.8) is 0 Å². The van der Waals surface area contributed by atoms with E-state index in [1.165, 1.54) is 11.3 Å². The highest BCUT2D eigenvalue weighted by molar-refractivity contribution is 5.68. The van der Waals surface area contributed by atoms with Gasteiger partial charge in [0.1, 0.15) is 5.82 Å². The maximum Gasteiger partial charge on any atom is 0.127 e. The first-order chi connectivity index (χ1) is 8.54. The molecule has 4 nitrogen and oxygen atoms in total. The first-order valence-electron chi connectivity index (χ1n) is 6.22. The SMILES string of the molecule is CCn1nc(C)c(-c2ccc(N(C)C)nc2)c1C. The van der Waals surface area contributed by atoms with Gasteiger partial charge in [-0.15, -0.1) is 0 Å². The Balaban J connectivity index is 2.45. The molecule has 0 saturated carbocycles. The van der Waals surface area contributed by atoms with E-state index in [-0.39, 0.29) is 0 Å². The van der Waals surface area contributed by atoms with Crippen LogP contribution < -0.4 is 4.90 Å². The minimum atomic E-state index is 0.899. The van der Waals surface area contributed by atoms with Gasteiger partial charge in [-0.25, -0.2) is 4.98 Å². The Morgan fingerprint density at radius 3 is 2.39 bits per heavy atom. The third kappa shape index (κ3) is 2.10. The van der Waals surface area contributed by atoms with Crippen LogP contribution in [-0.4, -0.2) is 28.9 Å². The maximum absolute atomic E-state index is 4.54. The Hall–Kier alpha value is -1.84. The quantitative estimate of drug-likeness (QED) is 0.832. The molecule has 96 valence electrons.